The molecule has 4 aliphatic rings. The highest BCUT2D eigenvalue weighted by atomic mass is 16.7. The van der Waals surface area contributed by atoms with Gasteiger partial charge in [-0.25, -0.2) is 0 Å². The summed E-state index contributed by atoms with van der Waals surface area (Å²) in [5, 5.41) is 0. The van der Waals surface area contributed by atoms with Crippen molar-refractivity contribution in [2.75, 3.05) is 19.8 Å². The predicted molar refractivity (Wildman–Crippen MR) is 61.9 cm³/mol. The summed E-state index contributed by atoms with van der Waals surface area (Å²) in [4.78, 5) is 0. The summed E-state index contributed by atoms with van der Waals surface area (Å²) < 4.78 is 11.6. The summed E-state index contributed by atoms with van der Waals surface area (Å²) >= 11 is 0. The molecule has 92 valence electrons. The molecule has 0 aromatic rings. The van der Waals surface area contributed by atoms with Crippen LogP contribution in [0.25, 0.3) is 0 Å². The van der Waals surface area contributed by atoms with Crippen LogP contribution in [-0.2, 0) is 9.47 Å². The van der Waals surface area contributed by atoms with Gasteiger partial charge in [0.25, 0.3) is 0 Å². The minimum absolute atomic E-state index is 0.0365. The van der Waals surface area contributed by atoms with Crippen LogP contribution in [0.5, 0.6) is 0 Å². The van der Waals surface area contributed by atoms with Gasteiger partial charge in [-0.15, -0.1) is 0 Å². The quantitative estimate of drug-likeness (QED) is 0.780. The van der Waals surface area contributed by atoms with Crippen molar-refractivity contribution < 1.29 is 9.47 Å². The van der Waals surface area contributed by atoms with Crippen molar-refractivity contribution in [1.29, 1.82) is 0 Å². The van der Waals surface area contributed by atoms with E-state index in [9.17, 15) is 0 Å². The molecular formula is C13H23NO2. The van der Waals surface area contributed by atoms with Crippen LogP contribution in [0, 0.1) is 16.7 Å². The van der Waals surface area contributed by atoms with E-state index in [0.717, 1.165) is 19.1 Å². The van der Waals surface area contributed by atoms with Crippen LogP contribution >= 0.6 is 0 Å². The van der Waals surface area contributed by atoms with Gasteiger partial charge in [-0.1, -0.05) is 6.92 Å². The molecule has 3 nitrogen and oxygen atoms in total. The number of rotatable bonds is 2. The lowest BCUT2D eigenvalue weighted by atomic mass is 9.47. The maximum Gasteiger partial charge on any atom is 0.165 e. The van der Waals surface area contributed by atoms with Gasteiger partial charge in [-0.2, -0.15) is 0 Å². The highest BCUT2D eigenvalue weighted by molar-refractivity contribution is 5.07. The molecule has 1 aliphatic heterocycles. The Morgan fingerprint density at radius 3 is 2.31 bits per heavy atom. The first kappa shape index (κ1) is 11.0. The summed E-state index contributed by atoms with van der Waals surface area (Å²) in [6.45, 7) is 4.60. The second-order valence-electron chi connectivity index (χ2n) is 6.14. The lowest BCUT2D eigenvalue weighted by Gasteiger charge is -2.59. The highest BCUT2D eigenvalue weighted by Crippen LogP contribution is 2.62. The molecule has 0 aromatic carbocycles. The Balaban J connectivity index is 1.93. The van der Waals surface area contributed by atoms with Crippen molar-refractivity contribution >= 4 is 0 Å². The van der Waals surface area contributed by atoms with Crippen LogP contribution in [-0.4, -0.2) is 26.0 Å². The Kier molecular flexibility index (Phi) is 2.54. The predicted octanol–water partition coefficient (Wildman–Crippen LogP) is 1.90. The number of hydrogen-bond acceptors (Lipinski definition) is 3. The van der Waals surface area contributed by atoms with E-state index in [2.05, 4.69) is 6.92 Å². The molecule has 4 rings (SSSR count). The lowest BCUT2D eigenvalue weighted by molar-refractivity contribution is -0.218. The van der Waals surface area contributed by atoms with E-state index in [-0.39, 0.29) is 11.7 Å². The number of ether oxygens (including phenoxy) is 2. The standard InChI is InChI=1S/C13H23NO2/c1-12-4-2-10(3-5-12)8-13(12,9-14)11-15-6-7-16-11/h10-11H,2-9,14H2,1H3. The maximum absolute atomic E-state index is 6.13. The molecule has 1 saturated heterocycles. The van der Waals surface area contributed by atoms with Crippen molar-refractivity contribution in [2.24, 2.45) is 22.5 Å². The molecule has 1 unspecified atom stereocenters. The van der Waals surface area contributed by atoms with Crippen LogP contribution in [0.3, 0.4) is 0 Å². The third-order valence-electron chi connectivity index (χ3n) is 5.50. The molecule has 1 atom stereocenters. The minimum atomic E-state index is -0.0365. The monoisotopic (exact) mass is 225 g/mol. The van der Waals surface area contributed by atoms with E-state index in [4.69, 9.17) is 15.2 Å². The first-order chi connectivity index (χ1) is 7.70. The average Bonchev–Trinajstić information content (AvgIpc) is 2.83. The third kappa shape index (κ3) is 1.31. The van der Waals surface area contributed by atoms with Crippen molar-refractivity contribution in [3.05, 3.63) is 0 Å². The van der Waals surface area contributed by atoms with Gasteiger partial charge in [0.15, 0.2) is 6.29 Å². The molecule has 3 heteroatoms. The summed E-state index contributed by atoms with van der Waals surface area (Å²) in [6, 6.07) is 0. The number of nitrogens with two attached hydrogens (primary N) is 1. The molecule has 4 fully saturated rings. The molecule has 0 aromatic heterocycles. The van der Waals surface area contributed by atoms with Crippen molar-refractivity contribution in [3.8, 4) is 0 Å². The summed E-state index contributed by atoms with van der Waals surface area (Å²) in [5.74, 6) is 0.859. The van der Waals surface area contributed by atoms with Gasteiger partial charge in [0.05, 0.1) is 13.2 Å². The Labute approximate surface area is 97.7 Å². The van der Waals surface area contributed by atoms with Gasteiger partial charge in [0.1, 0.15) is 0 Å². The van der Waals surface area contributed by atoms with Gasteiger partial charge in [-0.3, -0.25) is 0 Å². The molecule has 16 heavy (non-hydrogen) atoms. The molecule has 0 spiro atoms. The maximum atomic E-state index is 6.13. The van der Waals surface area contributed by atoms with E-state index in [0.29, 0.717) is 12.0 Å². The van der Waals surface area contributed by atoms with Crippen LogP contribution in [0.2, 0.25) is 0 Å². The zero-order chi connectivity index (χ0) is 11.2. The van der Waals surface area contributed by atoms with Gasteiger partial charge in [-0.05, 0) is 43.4 Å². The zero-order valence-electron chi connectivity index (χ0n) is 10.2. The second-order valence-corrected chi connectivity index (χ2v) is 6.14. The molecule has 0 radical (unpaired) electrons. The Bertz CT molecular complexity index is 267. The lowest BCUT2D eigenvalue weighted by Crippen LogP contribution is -2.59. The third-order valence-corrected chi connectivity index (χ3v) is 5.50. The van der Waals surface area contributed by atoms with Gasteiger partial charge >= 0.3 is 0 Å². The van der Waals surface area contributed by atoms with Crippen LogP contribution < -0.4 is 5.73 Å². The second kappa shape index (κ2) is 3.69. The van der Waals surface area contributed by atoms with E-state index in [1.54, 1.807) is 0 Å². The molecule has 2 N–H and O–H groups in total. The van der Waals surface area contributed by atoms with Gasteiger partial charge in [0, 0.05) is 12.0 Å². The number of fused-ring (bicyclic) bond motifs is 3. The van der Waals surface area contributed by atoms with Crippen molar-refractivity contribution in [3.63, 3.8) is 0 Å². The molecule has 0 amide bonds. The first-order valence-electron chi connectivity index (χ1n) is 6.63. The zero-order valence-corrected chi connectivity index (χ0v) is 10.2. The average molecular weight is 225 g/mol. The first-order valence-corrected chi connectivity index (χ1v) is 6.63. The summed E-state index contributed by atoms with van der Waals surface area (Å²) in [7, 11) is 0. The Hall–Kier alpha value is -0.120. The fourth-order valence-corrected chi connectivity index (χ4v) is 4.26. The van der Waals surface area contributed by atoms with E-state index < -0.39 is 0 Å². The minimum Gasteiger partial charge on any atom is -0.350 e. The SMILES string of the molecule is CC12CCC(CC1)CC2(CN)C1OCCO1. The highest BCUT2D eigenvalue weighted by Gasteiger charge is 2.59. The molecule has 3 aliphatic carbocycles. The summed E-state index contributed by atoms with van der Waals surface area (Å²) in [6.07, 6.45) is 6.54. The normalized spacial score (nSPS) is 48.8. The van der Waals surface area contributed by atoms with E-state index in [1.807, 2.05) is 0 Å². The van der Waals surface area contributed by atoms with Crippen LogP contribution in [0.1, 0.15) is 39.0 Å². The number of hydrogen-bond donors (Lipinski definition) is 1. The van der Waals surface area contributed by atoms with Gasteiger partial charge < -0.3 is 15.2 Å². The van der Waals surface area contributed by atoms with E-state index in [1.165, 1.54) is 32.1 Å². The molecule has 2 bridgehead atoms. The molecular weight excluding hydrogens is 202 g/mol. The Morgan fingerprint density at radius 1 is 1.19 bits per heavy atom. The van der Waals surface area contributed by atoms with Crippen LogP contribution in [0.4, 0.5) is 0 Å². The smallest absolute Gasteiger partial charge is 0.165 e. The topological polar surface area (TPSA) is 44.5 Å². The molecule has 1 heterocycles. The Morgan fingerprint density at radius 2 is 1.81 bits per heavy atom. The fourth-order valence-electron chi connectivity index (χ4n) is 4.26. The van der Waals surface area contributed by atoms with Gasteiger partial charge in [0.2, 0.25) is 0 Å². The molecule has 3 saturated carbocycles. The largest absolute Gasteiger partial charge is 0.350 e. The fraction of sp³-hybridized carbons (Fsp3) is 1.00. The van der Waals surface area contributed by atoms with Crippen molar-refractivity contribution in [1.82, 2.24) is 0 Å². The summed E-state index contributed by atoms with van der Waals surface area (Å²) in [5.41, 5.74) is 6.56. The van der Waals surface area contributed by atoms with Crippen LogP contribution in [0.15, 0.2) is 0 Å². The van der Waals surface area contributed by atoms with E-state index >= 15 is 0 Å². The van der Waals surface area contributed by atoms with Crippen molar-refractivity contribution in [2.45, 2.75) is 45.3 Å².